The number of benzene rings is 1. The van der Waals surface area contributed by atoms with Crippen molar-refractivity contribution in [1.29, 1.82) is 0 Å². The second-order valence-corrected chi connectivity index (χ2v) is 5.05. The minimum absolute atomic E-state index is 0.155. The average Bonchev–Trinajstić information content (AvgIpc) is 2.46. The molecule has 5 nitrogen and oxygen atoms in total. The molecule has 0 unspecified atom stereocenters. The van der Waals surface area contributed by atoms with Crippen molar-refractivity contribution >= 4 is 11.4 Å². The topological polar surface area (TPSA) is 49.6 Å². The third-order valence-electron chi connectivity index (χ3n) is 3.95. The van der Waals surface area contributed by atoms with E-state index in [1.165, 1.54) is 6.42 Å². The van der Waals surface area contributed by atoms with Crippen LogP contribution in [0.15, 0.2) is 24.3 Å². The van der Waals surface area contributed by atoms with Crippen molar-refractivity contribution in [2.24, 2.45) is 0 Å². The molecule has 1 aromatic carbocycles. The number of nitro groups is 1. The maximum atomic E-state index is 10.6. The van der Waals surface area contributed by atoms with Gasteiger partial charge in [-0.25, -0.2) is 0 Å². The Morgan fingerprint density at radius 2 is 1.79 bits per heavy atom. The average molecular weight is 263 g/mol. The van der Waals surface area contributed by atoms with Crippen LogP contribution in [0.5, 0.6) is 0 Å². The highest BCUT2D eigenvalue weighted by atomic mass is 16.6. The van der Waals surface area contributed by atoms with E-state index in [4.69, 9.17) is 0 Å². The fourth-order valence-corrected chi connectivity index (χ4v) is 2.46. The standard InChI is InChI=1S/C14H21N3O2/c1-3-12(2)15-8-10-16(11-9-15)13-4-6-14(7-5-13)17(18)19/h4-7,12H,3,8-11H2,1-2H3/t12-/m1/s1. The normalized spacial score (nSPS) is 18.3. The number of hydrogen-bond acceptors (Lipinski definition) is 4. The molecule has 0 radical (unpaired) electrons. The molecule has 1 heterocycles. The zero-order chi connectivity index (χ0) is 13.8. The summed E-state index contributed by atoms with van der Waals surface area (Å²) in [7, 11) is 0. The summed E-state index contributed by atoms with van der Waals surface area (Å²) in [5.41, 5.74) is 1.23. The molecular formula is C14H21N3O2. The van der Waals surface area contributed by atoms with Crippen LogP contribution in [0, 0.1) is 10.1 Å². The monoisotopic (exact) mass is 263 g/mol. The van der Waals surface area contributed by atoms with Crippen LogP contribution in [0.3, 0.4) is 0 Å². The van der Waals surface area contributed by atoms with Crippen LogP contribution >= 0.6 is 0 Å². The number of piperazine rings is 1. The van der Waals surface area contributed by atoms with Gasteiger partial charge in [0.1, 0.15) is 0 Å². The Bertz CT molecular complexity index is 425. The lowest BCUT2D eigenvalue weighted by atomic mass is 10.1. The van der Waals surface area contributed by atoms with Crippen molar-refractivity contribution in [3.8, 4) is 0 Å². The van der Waals surface area contributed by atoms with Gasteiger partial charge in [0.2, 0.25) is 0 Å². The summed E-state index contributed by atoms with van der Waals surface area (Å²) in [6.07, 6.45) is 1.18. The number of hydrogen-bond donors (Lipinski definition) is 0. The van der Waals surface area contributed by atoms with Gasteiger partial charge in [-0.1, -0.05) is 6.92 Å². The van der Waals surface area contributed by atoms with Crippen LogP contribution in [0.1, 0.15) is 20.3 Å². The van der Waals surface area contributed by atoms with Crippen LogP contribution in [-0.2, 0) is 0 Å². The van der Waals surface area contributed by atoms with Gasteiger partial charge in [0.15, 0.2) is 0 Å². The molecule has 1 aliphatic rings. The highest BCUT2D eigenvalue weighted by Crippen LogP contribution is 2.21. The maximum absolute atomic E-state index is 10.6. The molecule has 104 valence electrons. The van der Waals surface area contributed by atoms with Gasteiger partial charge >= 0.3 is 0 Å². The predicted molar refractivity (Wildman–Crippen MR) is 76.6 cm³/mol. The molecule has 0 spiro atoms. The van der Waals surface area contributed by atoms with Crippen molar-refractivity contribution < 1.29 is 4.92 Å². The maximum Gasteiger partial charge on any atom is 0.269 e. The zero-order valence-corrected chi connectivity index (χ0v) is 11.6. The third kappa shape index (κ3) is 3.23. The van der Waals surface area contributed by atoms with Gasteiger partial charge < -0.3 is 4.90 Å². The minimum Gasteiger partial charge on any atom is -0.369 e. The number of anilines is 1. The zero-order valence-electron chi connectivity index (χ0n) is 11.6. The second-order valence-electron chi connectivity index (χ2n) is 5.05. The van der Waals surface area contributed by atoms with Crippen LogP contribution < -0.4 is 4.90 Å². The molecule has 0 saturated carbocycles. The highest BCUT2D eigenvalue weighted by molar-refractivity contribution is 5.51. The fourth-order valence-electron chi connectivity index (χ4n) is 2.46. The largest absolute Gasteiger partial charge is 0.369 e. The number of non-ortho nitro benzene ring substituents is 1. The summed E-state index contributed by atoms with van der Waals surface area (Å²) < 4.78 is 0. The lowest BCUT2D eigenvalue weighted by Crippen LogP contribution is -2.49. The summed E-state index contributed by atoms with van der Waals surface area (Å²) in [5, 5.41) is 10.6. The molecule has 1 aromatic rings. The molecule has 1 aliphatic heterocycles. The molecule has 1 atom stereocenters. The van der Waals surface area contributed by atoms with Gasteiger partial charge in [-0.3, -0.25) is 15.0 Å². The molecule has 19 heavy (non-hydrogen) atoms. The van der Waals surface area contributed by atoms with Crippen LogP contribution in [0.2, 0.25) is 0 Å². The first-order valence-corrected chi connectivity index (χ1v) is 6.85. The fraction of sp³-hybridized carbons (Fsp3) is 0.571. The van der Waals surface area contributed by atoms with E-state index in [1.54, 1.807) is 12.1 Å². The van der Waals surface area contributed by atoms with Crippen molar-refractivity contribution in [3.05, 3.63) is 34.4 Å². The van der Waals surface area contributed by atoms with E-state index in [-0.39, 0.29) is 10.6 Å². The Morgan fingerprint density at radius 1 is 1.21 bits per heavy atom. The smallest absolute Gasteiger partial charge is 0.269 e. The van der Waals surface area contributed by atoms with Crippen molar-refractivity contribution in [2.45, 2.75) is 26.3 Å². The Hall–Kier alpha value is -1.62. The molecule has 0 N–H and O–H groups in total. The highest BCUT2D eigenvalue weighted by Gasteiger charge is 2.20. The van der Waals surface area contributed by atoms with Crippen LogP contribution in [0.4, 0.5) is 11.4 Å². The molecule has 2 rings (SSSR count). The Morgan fingerprint density at radius 3 is 2.26 bits per heavy atom. The lowest BCUT2D eigenvalue weighted by molar-refractivity contribution is -0.384. The quantitative estimate of drug-likeness (QED) is 0.618. The van der Waals surface area contributed by atoms with Crippen LogP contribution in [-0.4, -0.2) is 42.0 Å². The van der Waals surface area contributed by atoms with Gasteiger partial charge in [-0.2, -0.15) is 0 Å². The first-order chi connectivity index (χ1) is 9.11. The van der Waals surface area contributed by atoms with E-state index in [1.807, 2.05) is 12.1 Å². The van der Waals surface area contributed by atoms with E-state index in [2.05, 4.69) is 23.6 Å². The molecule has 0 aromatic heterocycles. The first-order valence-electron chi connectivity index (χ1n) is 6.85. The van der Waals surface area contributed by atoms with E-state index in [9.17, 15) is 10.1 Å². The molecule has 0 amide bonds. The van der Waals surface area contributed by atoms with Gasteiger partial charge in [-0.05, 0) is 25.5 Å². The Balaban J connectivity index is 1.96. The first kappa shape index (κ1) is 13.8. The van der Waals surface area contributed by atoms with Crippen LogP contribution in [0.25, 0.3) is 0 Å². The second kappa shape index (κ2) is 6.02. The van der Waals surface area contributed by atoms with Gasteiger partial charge in [0.05, 0.1) is 4.92 Å². The molecule has 0 aliphatic carbocycles. The van der Waals surface area contributed by atoms with E-state index in [0.29, 0.717) is 6.04 Å². The lowest BCUT2D eigenvalue weighted by Gasteiger charge is -2.38. The van der Waals surface area contributed by atoms with Gasteiger partial charge in [0.25, 0.3) is 5.69 Å². The molecule has 0 bridgehead atoms. The summed E-state index contributed by atoms with van der Waals surface area (Å²) >= 11 is 0. The number of nitro benzene ring substituents is 1. The third-order valence-corrected chi connectivity index (χ3v) is 3.95. The number of rotatable bonds is 4. The number of nitrogens with zero attached hydrogens (tertiary/aromatic N) is 3. The van der Waals surface area contributed by atoms with Crippen molar-refractivity contribution in [1.82, 2.24) is 4.90 Å². The van der Waals surface area contributed by atoms with Gasteiger partial charge in [-0.15, -0.1) is 0 Å². The summed E-state index contributed by atoms with van der Waals surface area (Å²) in [6, 6.07) is 7.49. The summed E-state index contributed by atoms with van der Waals surface area (Å²) in [6.45, 7) is 8.58. The van der Waals surface area contributed by atoms with Crippen molar-refractivity contribution in [3.63, 3.8) is 0 Å². The summed E-state index contributed by atoms with van der Waals surface area (Å²) in [4.78, 5) is 15.1. The molecule has 1 saturated heterocycles. The summed E-state index contributed by atoms with van der Waals surface area (Å²) in [5.74, 6) is 0. The van der Waals surface area contributed by atoms with E-state index < -0.39 is 0 Å². The van der Waals surface area contributed by atoms with E-state index >= 15 is 0 Å². The Kier molecular flexibility index (Phi) is 4.37. The predicted octanol–water partition coefficient (Wildman–Crippen LogP) is 2.52. The van der Waals surface area contributed by atoms with E-state index in [0.717, 1.165) is 31.9 Å². The van der Waals surface area contributed by atoms with Crippen molar-refractivity contribution in [2.75, 3.05) is 31.1 Å². The van der Waals surface area contributed by atoms with Gasteiger partial charge in [0, 0.05) is 50.0 Å². The SMILES string of the molecule is CC[C@@H](C)N1CCN(c2ccc([N+](=O)[O-])cc2)CC1. The molecule has 5 heteroatoms. The Labute approximate surface area is 114 Å². The molecule has 1 fully saturated rings. The molecular weight excluding hydrogens is 242 g/mol. The minimum atomic E-state index is -0.357.